The van der Waals surface area contributed by atoms with E-state index in [9.17, 15) is 0 Å². The van der Waals surface area contributed by atoms with Gasteiger partial charge in [0.2, 0.25) is 0 Å². The first-order chi connectivity index (χ1) is 7.83. The Bertz CT molecular complexity index is 362. The molecule has 1 atom stereocenters. The van der Waals surface area contributed by atoms with Gasteiger partial charge in [0.25, 0.3) is 0 Å². The fourth-order valence-electron chi connectivity index (χ4n) is 2.11. The van der Waals surface area contributed by atoms with Crippen molar-refractivity contribution in [2.24, 2.45) is 5.41 Å². The van der Waals surface area contributed by atoms with Gasteiger partial charge in [-0.2, -0.15) is 0 Å². The van der Waals surface area contributed by atoms with Crippen LogP contribution in [0.4, 0.5) is 0 Å². The standard InChI is InChI=1S/C17H26/c1-7-15-8-10-16(11-9-15)14(3)13(2)12-17(4,5)6/h8-11,14H,2,7,12H2,1,3-6H3. The molecule has 94 valence electrons. The summed E-state index contributed by atoms with van der Waals surface area (Å²) in [5.74, 6) is 0.458. The molecule has 0 heteroatoms. The Hall–Kier alpha value is -1.04. The van der Waals surface area contributed by atoms with Crippen molar-refractivity contribution in [3.8, 4) is 0 Å². The maximum Gasteiger partial charge on any atom is 0.00173 e. The van der Waals surface area contributed by atoms with Gasteiger partial charge in [0.1, 0.15) is 0 Å². The molecule has 0 radical (unpaired) electrons. The minimum Gasteiger partial charge on any atom is -0.0992 e. The van der Waals surface area contributed by atoms with Gasteiger partial charge in [-0.3, -0.25) is 0 Å². The third-order valence-electron chi connectivity index (χ3n) is 3.26. The molecular weight excluding hydrogens is 204 g/mol. The van der Waals surface area contributed by atoms with E-state index in [2.05, 4.69) is 65.5 Å². The molecule has 1 aromatic rings. The lowest BCUT2D eigenvalue weighted by Crippen LogP contribution is -2.09. The van der Waals surface area contributed by atoms with Gasteiger partial charge in [-0.05, 0) is 29.4 Å². The average Bonchev–Trinajstić information content (AvgIpc) is 2.26. The molecule has 0 saturated heterocycles. The Morgan fingerprint density at radius 1 is 1.18 bits per heavy atom. The molecule has 0 amide bonds. The lowest BCUT2D eigenvalue weighted by molar-refractivity contribution is 0.401. The van der Waals surface area contributed by atoms with Gasteiger partial charge in [0, 0.05) is 5.92 Å². The quantitative estimate of drug-likeness (QED) is 0.612. The highest BCUT2D eigenvalue weighted by Gasteiger charge is 2.17. The Labute approximate surface area is 107 Å². The monoisotopic (exact) mass is 230 g/mol. The molecule has 0 aliphatic rings. The molecule has 0 heterocycles. The third kappa shape index (κ3) is 4.38. The zero-order valence-corrected chi connectivity index (χ0v) is 12.0. The largest absolute Gasteiger partial charge is 0.0992 e. The summed E-state index contributed by atoms with van der Waals surface area (Å²) in [5, 5.41) is 0. The summed E-state index contributed by atoms with van der Waals surface area (Å²) in [6.45, 7) is 15.5. The summed E-state index contributed by atoms with van der Waals surface area (Å²) in [6.07, 6.45) is 2.20. The fourth-order valence-corrected chi connectivity index (χ4v) is 2.11. The SMILES string of the molecule is C=C(CC(C)(C)C)C(C)c1ccc(CC)cc1. The second kappa shape index (κ2) is 5.53. The van der Waals surface area contributed by atoms with Crippen molar-refractivity contribution >= 4 is 0 Å². The van der Waals surface area contributed by atoms with E-state index in [-0.39, 0.29) is 0 Å². The van der Waals surface area contributed by atoms with Crippen molar-refractivity contribution in [1.29, 1.82) is 0 Å². The first-order valence-corrected chi connectivity index (χ1v) is 6.60. The molecule has 0 N–H and O–H groups in total. The predicted octanol–water partition coefficient (Wildman–Crippen LogP) is 5.34. The van der Waals surface area contributed by atoms with Crippen LogP contribution in [0.5, 0.6) is 0 Å². The van der Waals surface area contributed by atoms with Gasteiger partial charge in [-0.1, -0.05) is 71.0 Å². The number of hydrogen-bond acceptors (Lipinski definition) is 0. The van der Waals surface area contributed by atoms with Crippen molar-refractivity contribution in [2.75, 3.05) is 0 Å². The third-order valence-corrected chi connectivity index (χ3v) is 3.26. The lowest BCUT2D eigenvalue weighted by Gasteiger charge is -2.24. The predicted molar refractivity (Wildman–Crippen MR) is 77.4 cm³/mol. The van der Waals surface area contributed by atoms with Gasteiger partial charge in [0.15, 0.2) is 0 Å². The number of benzene rings is 1. The van der Waals surface area contributed by atoms with Crippen molar-refractivity contribution < 1.29 is 0 Å². The average molecular weight is 230 g/mol. The number of rotatable bonds is 4. The van der Waals surface area contributed by atoms with Crippen molar-refractivity contribution in [3.63, 3.8) is 0 Å². The van der Waals surface area contributed by atoms with Gasteiger partial charge in [0.05, 0.1) is 0 Å². The summed E-state index contributed by atoms with van der Waals surface area (Å²) in [6, 6.07) is 8.96. The molecule has 1 rings (SSSR count). The van der Waals surface area contributed by atoms with Crippen molar-refractivity contribution in [2.45, 2.75) is 53.4 Å². The molecule has 0 aliphatic heterocycles. The number of hydrogen-bond donors (Lipinski definition) is 0. The summed E-state index contributed by atoms with van der Waals surface area (Å²) < 4.78 is 0. The Morgan fingerprint density at radius 2 is 1.71 bits per heavy atom. The molecule has 0 spiro atoms. The van der Waals surface area contributed by atoms with Crippen LogP contribution in [0.3, 0.4) is 0 Å². The van der Waals surface area contributed by atoms with E-state index in [0.717, 1.165) is 12.8 Å². The number of aryl methyl sites for hydroxylation is 1. The summed E-state index contributed by atoms with van der Waals surface area (Å²) in [5.41, 5.74) is 4.45. The molecule has 0 saturated carbocycles. The van der Waals surface area contributed by atoms with Crippen LogP contribution in [0.2, 0.25) is 0 Å². The molecule has 17 heavy (non-hydrogen) atoms. The van der Waals surface area contributed by atoms with E-state index < -0.39 is 0 Å². The Kier molecular flexibility index (Phi) is 4.56. The number of allylic oxidation sites excluding steroid dienone is 1. The topological polar surface area (TPSA) is 0 Å². The van der Waals surface area contributed by atoms with Gasteiger partial charge >= 0.3 is 0 Å². The van der Waals surface area contributed by atoms with E-state index in [0.29, 0.717) is 11.3 Å². The van der Waals surface area contributed by atoms with E-state index in [1.165, 1.54) is 16.7 Å². The van der Waals surface area contributed by atoms with Gasteiger partial charge in [-0.25, -0.2) is 0 Å². The maximum absolute atomic E-state index is 4.26. The molecule has 0 aromatic heterocycles. The molecule has 1 unspecified atom stereocenters. The highest BCUT2D eigenvalue weighted by molar-refractivity contribution is 5.30. The minimum absolute atomic E-state index is 0.328. The molecule has 0 nitrogen and oxygen atoms in total. The van der Waals surface area contributed by atoms with E-state index in [1.54, 1.807) is 0 Å². The minimum atomic E-state index is 0.328. The summed E-state index contributed by atoms with van der Waals surface area (Å²) >= 11 is 0. The highest BCUT2D eigenvalue weighted by Crippen LogP contribution is 2.32. The van der Waals surface area contributed by atoms with Crippen LogP contribution in [0.25, 0.3) is 0 Å². The fraction of sp³-hybridized carbons (Fsp3) is 0.529. The summed E-state index contributed by atoms with van der Waals surface area (Å²) in [7, 11) is 0. The molecule has 0 aliphatic carbocycles. The second-order valence-electron chi connectivity index (χ2n) is 6.21. The van der Waals surface area contributed by atoms with Crippen LogP contribution in [-0.4, -0.2) is 0 Å². The normalized spacial score (nSPS) is 13.5. The zero-order chi connectivity index (χ0) is 13.1. The zero-order valence-electron chi connectivity index (χ0n) is 12.0. The van der Waals surface area contributed by atoms with Gasteiger partial charge in [-0.15, -0.1) is 0 Å². The molecule has 0 bridgehead atoms. The summed E-state index contributed by atoms with van der Waals surface area (Å²) in [4.78, 5) is 0. The molecule has 0 fully saturated rings. The van der Waals surface area contributed by atoms with Crippen LogP contribution >= 0.6 is 0 Å². The second-order valence-corrected chi connectivity index (χ2v) is 6.21. The van der Waals surface area contributed by atoms with Crippen LogP contribution < -0.4 is 0 Å². The maximum atomic E-state index is 4.26. The smallest absolute Gasteiger partial charge is 0.00173 e. The van der Waals surface area contributed by atoms with E-state index in [4.69, 9.17) is 0 Å². The molecular formula is C17H26. The Morgan fingerprint density at radius 3 is 2.12 bits per heavy atom. The van der Waals surface area contributed by atoms with E-state index in [1.807, 2.05) is 0 Å². The van der Waals surface area contributed by atoms with Crippen LogP contribution in [-0.2, 0) is 6.42 Å². The van der Waals surface area contributed by atoms with Crippen molar-refractivity contribution in [3.05, 3.63) is 47.5 Å². The van der Waals surface area contributed by atoms with E-state index >= 15 is 0 Å². The lowest BCUT2D eigenvalue weighted by atomic mass is 9.82. The van der Waals surface area contributed by atoms with Crippen LogP contribution in [0.1, 0.15) is 58.1 Å². The van der Waals surface area contributed by atoms with Crippen LogP contribution in [0, 0.1) is 5.41 Å². The van der Waals surface area contributed by atoms with Crippen molar-refractivity contribution in [1.82, 2.24) is 0 Å². The van der Waals surface area contributed by atoms with Gasteiger partial charge < -0.3 is 0 Å². The first kappa shape index (κ1) is 14.0. The Balaban J connectivity index is 2.74. The molecule has 1 aromatic carbocycles. The highest BCUT2D eigenvalue weighted by atomic mass is 14.2. The van der Waals surface area contributed by atoms with Crippen LogP contribution in [0.15, 0.2) is 36.4 Å². The first-order valence-electron chi connectivity index (χ1n) is 6.60.